The van der Waals surface area contributed by atoms with Crippen LogP contribution in [0.15, 0.2) is 18.2 Å². The van der Waals surface area contributed by atoms with Gasteiger partial charge in [-0.15, -0.1) is 11.6 Å². The molecule has 4 N–H and O–H groups in total. The Balaban J connectivity index is 2.99. The maximum atomic E-state index is 9.70. The van der Waals surface area contributed by atoms with Crippen molar-refractivity contribution < 1.29 is 10.2 Å². The second kappa shape index (κ2) is 4.64. The lowest BCUT2D eigenvalue weighted by Crippen LogP contribution is -2.20. The SMILES string of the molecule is Cc1ccc(N)cc1C(O)C(O)CCl. The van der Waals surface area contributed by atoms with Gasteiger partial charge in [0.1, 0.15) is 6.10 Å². The number of aliphatic hydroxyl groups excluding tert-OH is 2. The summed E-state index contributed by atoms with van der Waals surface area (Å²) in [5.41, 5.74) is 7.65. The molecule has 0 saturated heterocycles. The van der Waals surface area contributed by atoms with Crippen molar-refractivity contribution in [3.05, 3.63) is 29.3 Å². The summed E-state index contributed by atoms with van der Waals surface area (Å²) >= 11 is 5.45. The molecule has 78 valence electrons. The molecule has 1 aromatic rings. The number of aliphatic hydroxyl groups is 2. The number of benzene rings is 1. The van der Waals surface area contributed by atoms with Gasteiger partial charge in [-0.25, -0.2) is 0 Å². The lowest BCUT2D eigenvalue weighted by Gasteiger charge is -2.18. The molecule has 0 fully saturated rings. The van der Waals surface area contributed by atoms with E-state index in [4.69, 9.17) is 17.3 Å². The molecule has 0 aliphatic heterocycles. The first-order valence-electron chi connectivity index (χ1n) is 4.34. The van der Waals surface area contributed by atoms with Crippen molar-refractivity contribution in [2.45, 2.75) is 19.1 Å². The van der Waals surface area contributed by atoms with Crippen LogP contribution in [0.5, 0.6) is 0 Å². The van der Waals surface area contributed by atoms with Gasteiger partial charge in [-0.05, 0) is 30.2 Å². The van der Waals surface area contributed by atoms with E-state index in [-0.39, 0.29) is 5.88 Å². The summed E-state index contributed by atoms with van der Waals surface area (Å²) in [6, 6.07) is 5.20. The number of halogens is 1. The van der Waals surface area contributed by atoms with E-state index in [2.05, 4.69) is 0 Å². The Labute approximate surface area is 88.1 Å². The molecule has 0 radical (unpaired) electrons. The molecule has 1 aromatic carbocycles. The molecule has 0 bridgehead atoms. The van der Waals surface area contributed by atoms with Crippen molar-refractivity contribution in [1.29, 1.82) is 0 Å². The molecule has 0 amide bonds. The minimum absolute atomic E-state index is 0.00456. The molecular formula is C10H14ClNO2. The molecule has 14 heavy (non-hydrogen) atoms. The number of hydrogen-bond donors (Lipinski definition) is 3. The highest BCUT2D eigenvalue weighted by atomic mass is 35.5. The van der Waals surface area contributed by atoms with Crippen molar-refractivity contribution in [2.75, 3.05) is 11.6 Å². The summed E-state index contributed by atoms with van der Waals surface area (Å²) in [6.07, 6.45) is -1.94. The van der Waals surface area contributed by atoms with Crippen LogP contribution in [-0.4, -0.2) is 22.2 Å². The number of nitrogens with two attached hydrogens (primary N) is 1. The third kappa shape index (κ3) is 2.38. The zero-order chi connectivity index (χ0) is 10.7. The first-order chi connectivity index (χ1) is 6.56. The van der Waals surface area contributed by atoms with Crippen LogP contribution in [0.25, 0.3) is 0 Å². The van der Waals surface area contributed by atoms with E-state index in [1.54, 1.807) is 18.2 Å². The number of anilines is 1. The topological polar surface area (TPSA) is 66.5 Å². The Morgan fingerprint density at radius 3 is 2.64 bits per heavy atom. The van der Waals surface area contributed by atoms with E-state index in [1.165, 1.54) is 0 Å². The van der Waals surface area contributed by atoms with Crippen molar-refractivity contribution >= 4 is 17.3 Å². The molecule has 0 aliphatic carbocycles. The lowest BCUT2D eigenvalue weighted by atomic mass is 9.99. The van der Waals surface area contributed by atoms with Crippen LogP contribution in [0.2, 0.25) is 0 Å². The molecule has 0 spiro atoms. The van der Waals surface area contributed by atoms with Gasteiger partial charge in [-0.3, -0.25) is 0 Å². The van der Waals surface area contributed by atoms with Crippen molar-refractivity contribution in [2.24, 2.45) is 0 Å². The fourth-order valence-corrected chi connectivity index (χ4v) is 1.44. The van der Waals surface area contributed by atoms with Crippen LogP contribution in [0.4, 0.5) is 5.69 Å². The maximum Gasteiger partial charge on any atom is 0.106 e. The Bertz CT molecular complexity index is 317. The van der Waals surface area contributed by atoms with Crippen molar-refractivity contribution in [3.8, 4) is 0 Å². The van der Waals surface area contributed by atoms with Gasteiger partial charge < -0.3 is 15.9 Å². The van der Waals surface area contributed by atoms with Gasteiger partial charge in [-0.1, -0.05) is 6.07 Å². The fraction of sp³-hybridized carbons (Fsp3) is 0.400. The predicted octanol–water partition coefficient (Wildman–Crippen LogP) is 1.21. The zero-order valence-corrected chi connectivity index (χ0v) is 8.70. The smallest absolute Gasteiger partial charge is 0.106 e. The number of rotatable bonds is 3. The summed E-state index contributed by atoms with van der Waals surface area (Å²) < 4.78 is 0. The van der Waals surface area contributed by atoms with Gasteiger partial charge in [0.05, 0.1) is 12.0 Å². The monoisotopic (exact) mass is 215 g/mol. The molecular weight excluding hydrogens is 202 g/mol. The normalized spacial score (nSPS) is 15.1. The number of aryl methyl sites for hydroxylation is 1. The van der Waals surface area contributed by atoms with Crippen LogP contribution in [0, 0.1) is 6.92 Å². The second-order valence-electron chi connectivity index (χ2n) is 3.28. The van der Waals surface area contributed by atoms with Gasteiger partial charge in [0, 0.05) is 5.69 Å². The first-order valence-corrected chi connectivity index (χ1v) is 4.88. The Morgan fingerprint density at radius 2 is 2.07 bits per heavy atom. The predicted molar refractivity (Wildman–Crippen MR) is 57.3 cm³/mol. The molecule has 2 atom stereocenters. The zero-order valence-electron chi connectivity index (χ0n) is 7.94. The van der Waals surface area contributed by atoms with Crippen LogP contribution in [0.1, 0.15) is 17.2 Å². The van der Waals surface area contributed by atoms with Crippen LogP contribution >= 0.6 is 11.6 Å². The highest BCUT2D eigenvalue weighted by Crippen LogP contribution is 2.23. The number of nitrogen functional groups attached to an aromatic ring is 1. The van der Waals surface area contributed by atoms with Gasteiger partial charge in [0.25, 0.3) is 0 Å². The van der Waals surface area contributed by atoms with E-state index in [0.717, 1.165) is 5.56 Å². The van der Waals surface area contributed by atoms with Crippen molar-refractivity contribution in [3.63, 3.8) is 0 Å². The molecule has 3 nitrogen and oxygen atoms in total. The average Bonchev–Trinajstić information content (AvgIpc) is 2.19. The van der Waals surface area contributed by atoms with E-state index in [9.17, 15) is 10.2 Å². The van der Waals surface area contributed by atoms with Crippen LogP contribution < -0.4 is 5.73 Å². The molecule has 0 aliphatic rings. The number of alkyl halides is 1. The van der Waals surface area contributed by atoms with E-state index < -0.39 is 12.2 Å². The summed E-state index contributed by atoms with van der Waals surface area (Å²) in [4.78, 5) is 0. The summed E-state index contributed by atoms with van der Waals surface area (Å²) in [6.45, 7) is 1.85. The first kappa shape index (κ1) is 11.3. The van der Waals surface area contributed by atoms with Gasteiger partial charge in [0.15, 0.2) is 0 Å². The molecule has 0 heterocycles. The number of hydrogen-bond acceptors (Lipinski definition) is 3. The van der Waals surface area contributed by atoms with E-state index in [0.29, 0.717) is 11.3 Å². The molecule has 1 rings (SSSR count). The Hall–Kier alpha value is -0.770. The molecule has 0 saturated carbocycles. The minimum atomic E-state index is -0.976. The summed E-state index contributed by atoms with van der Waals surface area (Å²) in [5, 5.41) is 19.1. The third-order valence-corrected chi connectivity index (χ3v) is 2.46. The highest BCUT2D eigenvalue weighted by molar-refractivity contribution is 6.18. The average molecular weight is 216 g/mol. The maximum absolute atomic E-state index is 9.70. The second-order valence-corrected chi connectivity index (χ2v) is 3.59. The third-order valence-electron chi connectivity index (χ3n) is 2.14. The minimum Gasteiger partial charge on any atom is -0.399 e. The summed E-state index contributed by atoms with van der Waals surface area (Å²) in [5.74, 6) is -0.00456. The highest BCUT2D eigenvalue weighted by Gasteiger charge is 2.18. The largest absolute Gasteiger partial charge is 0.399 e. The van der Waals surface area contributed by atoms with E-state index in [1.807, 2.05) is 6.92 Å². The molecule has 2 unspecified atom stereocenters. The summed E-state index contributed by atoms with van der Waals surface area (Å²) in [7, 11) is 0. The Kier molecular flexibility index (Phi) is 3.75. The Morgan fingerprint density at radius 1 is 1.43 bits per heavy atom. The lowest BCUT2D eigenvalue weighted by molar-refractivity contribution is 0.0323. The molecule has 0 aromatic heterocycles. The van der Waals surface area contributed by atoms with Gasteiger partial charge in [-0.2, -0.15) is 0 Å². The van der Waals surface area contributed by atoms with E-state index >= 15 is 0 Å². The fourth-order valence-electron chi connectivity index (χ4n) is 1.27. The van der Waals surface area contributed by atoms with Gasteiger partial charge in [0.2, 0.25) is 0 Å². The molecule has 4 heteroatoms. The standard InChI is InChI=1S/C10H14ClNO2/c1-6-2-3-7(12)4-8(6)10(14)9(13)5-11/h2-4,9-10,13-14H,5,12H2,1H3. The van der Waals surface area contributed by atoms with Crippen LogP contribution in [-0.2, 0) is 0 Å². The van der Waals surface area contributed by atoms with Crippen LogP contribution in [0.3, 0.4) is 0 Å². The quantitative estimate of drug-likeness (QED) is 0.525. The van der Waals surface area contributed by atoms with Crippen molar-refractivity contribution in [1.82, 2.24) is 0 Å². The van der Waals surface area contributed by atoms with Gasteiger partial charge >= 0.3 is 0 Å².